The van der Waals surface area contributed by atoms with Crippen molar-refractivity contribution in [3.63, 3.8) is 0 Å². The van der Waals surface area contributed by atoms with E-state index in [-0.39, 0.29) is 29.4 Å². The average molecular weight is 320 g/mol. The first-order valence-corrected chi connectivity index (χ1v) is 7.45. The molecular formula is C10H10ClN3O5S. The molecule has 1 heterocycles. The van der Waals surface area contributed by atoms with Crippen LogP contribution in [0.4, 0.5) is 11.4 Å². The lowest BCUT2D eigenvalue weighted by Gasteiger charge is -2.17. The highest BCUT2D eigenvalue weighted by Gasteiger charge is 2.38. The highest BCUT2D eigenvalue weighted by molar-refractivity contribution is 7.89. The third-order valence-corrected chi connectivity index (χ3v) is 4.55. The Morgan fingerprint density at radius 1 is 1.45 bits per heavy atom. The van der Waals surface area contributed by atoms with Crippen LogP contribution in [-0.4, -0.2) is 31.0 Å². The summed E-state index contributed by atoms with van der Waals surface area (Å²) in [6, 6.07) is 3.61. The molecule has 0 saturated carbocycles. The van der Waals surface area contributed by atoms with Gasteiger partial charge in [0.2, 0.25) is 15.9 Å². The zero-order valence-electron chi connectivity index (χ0n) is 10.0. The number of anilines is 1. The summed E-state index contributed by atoms with van der Waals surface area (Å²) in [6.07, 6.45) is -0.266. The number of hydrogen-bond acceptors (Lipinski definition) is 5. The third kappa shape index (κ3) is 2.74. The van der Waals surface area contributed by atoms with E-state index in [0.717, 1.165) is 11.0 Å². The summed E-state index contributed by atoms with van der Waals surface area (Å²) in [5, 5.41) is 14.8. The minimum Gasteiger partial charge on any atom is -0.309 e. The number of nitrogens with zero attached hydrogens (tertiary/aromatic N) is 2. The second-order valence-corrected chi connectivity index (χ2v) is 6.56. The van der Waals surface area contributed by atoms with Crippen molar-refractivity contribution in [1.82, 2.24) is 0 Å². The Morgan fingerprint density at radius 3 is 2.60 bits per heavy atom. The lowest BCUT2D eigenvalue weighted by Crippen LogP contribution is -2.32. The smallest absolute Gasteiger partial charge is 0.271 e. The molecule has 1 aliphatic heterocycles. The van der Waals surface area contributed by atoms with E-state index in [9.17, 15) is 23.3 Å². The predicted octanol–water partition coefficient (Wildman–Crippen LogP) is 0.642. The summed E-state index contributed by atoms with van der Waals surface area (Å²) in [7, 11) is -3.86. The summed E-state index contributed by atoms with van der Waals surface area (Å²) < 4.78 is 22.5. The normalized spacial score (nSPS) is 19.4. The van der Waals surface area contributed by atoms with E-state index < -0.39 is 26.1 Å². The molecule has 0 bridgehead atoms. The topological polar surface area (TPSA) is 124 Å². The highest BCUT2D eigenvalue weighted by Crippen LogP contribution is 2.33. The fourth-order valence-electron chi connectivity index (χ4n) is 1.95. The number of sulfonamides is 1. The predicted molar refractivity (Wildman–Crippen MR) is 72.0 cm³/mol. The van der Waals surface area contributed by atoms with E-state index in [1.165, 1.54) is 12.1 Å². The summed E-state index contributed by atoms with van der Waals surface area (Å²) >= 11 is 5.91. The number of non-ortho nitro benzene ring substituents is 1. The number of amides is 1. The van der Waals surface area contributed by atoms with Crippen LogP contribution in [0, 0.1) is 10.1 Å². The number of benzene rings is 1. The lowest BCUT2D eigenvalue weighted by molar-refractivity contribution is -0.384. The van der Waals surface area contributed by atoms with Gasteiger partial charge in [0.15, 0.2) is 0 Å². The van der Waals surface area contributed by atoms with Crippen LogP contribution in [0.15, 0.2) is 18.2 Å². The zero-order chi connectivity index (χ0) is 15.1. The van der Waals surface area contributed by atoms with Crippen LogP contribution in [0.1, 0.15) is 6.42 Å². The molecule has 0 aliphatic carbocycles. The lowest BCUT2D eigenvalue weighted by atomic mass is 10.2. The molecule has 1 fully saturated rings. The van der Waals surface area contributed by atoms with Crippen molar-refractivity contribution in [3.05, 3.63) is 33.3 Å². The Balaban J connectivity index is 2.40. The zero-order valence-corrected chi connectivity index (χ0v) is 11.6. The first kappa shape index (κ1) is 14.7. The monoisotopic (exact) mass is 319 g/mol. The van der Waals surface area contributed by atoms with Crippen LogP contribution in [-0.2, 0) is 14.8 Å². The van der Waals surface area contributed by atoms with Crippen molar-refractivity contribution in [2.75, 3.05) is 11.4 Å². The van der Waals surface area contributed by atoms with Gasteiger partial charge in [-0.3, -0.25) is 14.9 Å². The second-order valence-electron chi connectivity index (χ2n) is 4.31. The summed E-state index contributed by atoms with van der Waals surface area (Å²) in [5.74, 6) is -0.494. The molecule has 0 spiro atoms. The van der Waals surface area contributed by atoms with Gasteiger partial charge in [0.25, 0.3) is 5.69 Å². The van der Waals surface area contributed by atoms with Gasteiger partial charge in [-0.1, -0.05) is 11.6 Å². The van der Waals surface area contributed by atoms with Crippen molar-refractivity contribution in [3.8, 4) is 0 Å². The summed E-state index contributed by atoms with van der Waals surface area (Å²) in [5.41, 5.74) is -0.131. The van der Waals surface area contributed by atoms with Crippen LogP contribution in [0.3, 0.4) is 0 Å². The minimum atomic E-state index is -3.86. The number of nitrogens with two attached hydrogens (primary N) is 1. The molecule has 20 heavy (non-hydrogen) atoms. The van der Waals surface area contributed by atoms with Gasteiger partial charge < -0.3 is 4.90 Å². The summed E-state index contributed by atoms with van der Waals surface area (Å²) in [4.78, 5) is 23.0. The molecule has 1 saturated heterocycles. The molecule has 1 aromatic carbocycles. The van der Waals surface area contributed by atoms with Crippen molar-refractivity contribution < 1.29 is 18.1 Å². The molecule has 108 valence electrons. The molecule has 2 rings (SSSR count). The second kappa shape index (κ2) is 5.00. The van der Waals surface area contributed by atoms with Gasteiger partial charge in [0, 0.05) is 25.1 Å². The molecule has 8 nitrogen and oxygen atoms in total. The quantitative estimate of drug-likeness (QED) is 0.646. The van der Waals surface area contributed by atoms with E-state index in [4.69, 9.17) is 16.7 Å². The van der Waals surface area contributed by atoms with Crippen LogP contribution < -0.4 is 10.0 Å². The van der Waals surface area contributed by atoms with Gasteiger partial charge >= 0.3 is 0 Å². The van der Waals surface area contributed by atoms with Gasteiger partial charge in [-0.05, 0) is 6.07 Å². The molecular weight excluding hydrogens is 310 g/mol. The minimum absolute atomic E-state index is 0.108. The van der Waals surface area contributed by atoms with Crippen LogP contribution >= 0.6 is 11.6 Å². The fourth-order valence-corrected chi connectivity index (χ4v) is 2.90. The summed E-state index contributed by atoms with van der Waals surface area (Å²) in [6.45, 7) is -0.168. The van der Waals surface area contributed by atoms with Crippen molar-refractivity contribution in [2.45, 2.75) is 11.7 Å². The van der Waals surface area contributed by atoms with E-state index in [1.807, 2.05) is 0 Å². The highest BCUT2D eigenvalue weighted by atomic mass is 35.5. The van der Waals surface area contributed by atoms with Gasteiger partial charge in [-0.15, -0.1) is 0 Å². The van der Waals surface area contributed by atoms with Gasteiger partial charge in [-0.25, -0.2) is 13.6 Å². The number of primary sulfonamides is 1. The van der Waals surface area contributed by atoms with Crippen molar-refractivity contribution >= 4 is 38.9 Å². The largest absolute Gasteiger partial charge is 0.309 e. The number of carbonyl (C=O) groups is 1. The number of rotatable bonds is 3. The third-order valence-electron chi connectivity index (χ3n) is 2.99. The van der Waals surface area contributed by atoms with E-state index in [2.05, 4.69) is 0 Å². The Morgan fingerprint density at radius 2 is 2.10 bits per heavy atom. The molecule has 2 N–H and O–H groups in total. The number of nitro benzene ring substituents is 1. The van der Waals surface area contributed by atoms with Gasteiger partial charge in [0.05, 0.1) is 15.6 Å². The van der Waals surface area contributed by atoms with E-state index in [1.54, 1.807) is 0 Å². The van der Waals surface area contributed by atoms with Gasteiger partial charge in [0.1, 0.15) is 5.25 Å². The van der Waals surface area contributed by atoms with Gasteiger partial charge in [-0.2, -0.15) is 0 Å². The SMILES string of the molecule is NS(=O)(=O)C1CC(=O)N(c2cc([N+](=O)[O-])ccc2Cl)C1. The molecule has 1 amide bonds. The van der Waals surface area contributed by atoms with E-state index >= 15 is 0 Å². The molecule has 0 aromatic heterocycles. The van der Waals surface area contributed by atoms with Crippen LogP contribution in [0.5, 0.6) is 0 Å². The van der Waals surface area contributed by atoms with Crippen LogP contribution in [0.25, 0.3) is 0 Å². The maximum atomic E-state index is 11.8. The fraction of sp³-hybridized carbons (Fsp3) is 0.300. The van der Waals surface area contributed by atoms with Crippen LogP contribution in [0.2, 0.25) is 5.02 Å². The maximum Gasteiger partial charge on any atom is 0.271 e. The molecule has 10 heteroatoms. The molecule has 1 unspecified atom stereocenters. The number of hydrogen-bond donors (Lipinski definition) is 1. The molecule has 1 atom stereocenters. The Labute approximate surface area is 119 Å². The molecule has 0 radical (unpaired) electrons. The van der Waals surface area contributed by atoms with E-state index in [0.29, 0.717) is 0 Å². The number of halogens is 1. The Bertz CT molecular complexity index is 690. The average Bonchev–Trinajstić information content (AvgIpc) is 2.71. The molecule has 1 aliphatic rings. The number of nitro groups is 1. The number of carbonyl (C=O) groups excluding carboxylic acids is 1. The Kier molecular flexibility index (Phi) is 3.67. The first-order chi connectivity index (χ1) is 9.20. The first-order valence-electron chi connectivity index (χ1n) is 5.46. The van der Waals surface area contributed by atoms with Crippen molar-refractivity contribution in [2.24, 2.45) is 5.14 Å². The Hall–Kier alpha value is -1.71. The maximum absolute atomic E-state index is 11.8. The standard InChI is InChI=1S/C10H10ClN3O5S/c11-8-2-1-6(14(16)17)3-9(8)13-5-7(4-10(13)15)20(12,18)19/h1-3,7H,4-5H2,(H2,12,18,19). The van der Waals surface area contributed by atoms with Crippen molar-refractivity contribution in [1.29, 1.82) is 0 Å². The molecule has 1 aromatic rings.